The molecular formula is C12H18F3N5O. The van der Waals surface area contributed by atoms with Crippen molar-refractivity contribution in [3.8, 4) is 0 Å². The number of H-pyrrole nitrogens is 1. The van der Waals surface area contributed by atoms with Gasteiger partial charge in [0.2, 0.25) is 5.82 Å². The Morgan fingerprint density at radius 3 is 2.90 bits per heavy atom. The lowest BCUT2D eigenvalue weighted by atomic mass is 10.1. The van der Waals surface area contributed by atoms with Crippen molar-refractivity contribution in [2.24, 2.45) is 5.92 Å². The molecule has 1 aromatic rings. The summed E-state index contributed by atoms with van der Waals surface area (Å²) in [5.41, 5.74) is 0. The van der Waals surface area contributed by atoms with Crippen molar-refractivity contribution < 1.29 is 18.0 Å². The van der Waals surface area contributed by atoms with Gasteiger partial charge in [0.1, 0.15) is 5.82 Å². The predicted octanol–water partition coefficient (Wildman–Crippen LogP) is 0.981. The van der Waals surface area contributed by atoms with Gasteiger partial charge in [0.25, 0.3) is 5.91 Å². The molecule has 1 aromatic heterocycles. The van der Waals surface area contributed by atoms with Gasteiger partial charge in [-0.2, -0.15) is 13.2 Å². The summed E-state index contributed by atoms with van der Waals surface area (Å²) < 4.78 is 36.8. The van der Waals surface area contributed by atoms with Gasteiger partial charge in [0.15, 0.2) is 0 Å². The summed E-state index contributed by atoms with van der Waals surface area (Å²) >= 11 is 0. The van der Waals surface area contributed by atoms with Gasteiger partial charge in [-0.25, -0.2) is 4.98 Å². The number of aryl methyl sites for hydroxylation is 1. The van der Waals surface area contributed by atoms with Gasteiger partial charge in [0, 0.05) is 19.5 Å². The van der Waals surface area contributed by atoms with Crippen molar-refractivity contribution in [2.75, 3.05) is 26.2 Å². The lowest BCUT2D eigenvalue weighted by Gasteiger charge is -2.17. The molecule has 0 radical (unpaired) electrons. The van der Waals surface area contributed by atoms with Crippen molar-refractivity contribution in [2.45, 2.75) is 25.9 Å². The fraction of sp³-hybridized carbons (Fsp3) is 0.750. The van der Waals surface area contributed by atoms with Crippen molar-refractivity contribution in [3.63, 3.8) is 0 Å². The second-order valence-electron chi connectivity index (χ2n) is 5.17. The standard InChI is InChI=1S/C12H18F3N5O/c1-2-9-17-10(19-18-9)11(21)16-5-8-3-4-20(6-8)7-12(13,14)15/h8H,2-7H2,1H3,(H,16,21)(H,17,18,19). The third-order valence-corrected chi connectivity index (χ3v) is 3.39. The van der Waals surface area contributed by atoms with Crippen LogP contribution < -0.4 is 5.32 Å². The Labute approximate surface area is 120 Å². The Hall–Kier alpha value is -1.64. The molecule has 2 heterocycles. The van der Waals surface area contributed by atoms with Gasteiger partial charge in [0.05, 0.1) is 6.54 Å². The zero-order chi connectivity index (χ0) is 15.5. The highest BCUT2D eigenvalue weighted by Crippen LogP contribution is 2.22. The molecule has 0 bridgehead atoms. The summed E-state index contributed by atoms with van der Waals surface area (Å²) in [5.74, 6) is 0.315. The predicted molar refractivity (Wildman–Crippen MR) is 68.7 cm³/mol. The molecule has 1 aliphatic rings. The van der Waals surface area contributed by atoms with Gasteiger partial charge >= 0.3 is 6.18 Å². The summed E-state index contributed by atoms with van der Waals surface area (Å²) in [6.45, 7) is 2.08. The average Bonchev–Trinajstić information content (AvgIpc) is 3.02. The maximum Gasteiger partial charge on any atom is 0.401 e. The fourth-order valence-corrected chi connectivity index (χ4v) is 2.35. The molecule has 118 valence electrons. The molecule has 0 aromatic carbocycles. The number of rotatable bonds is 5. The summed E-state index contributed by atoms with van der Waals surface area (Å²) in [7, 11) is 0. The summed E-state index contributed by atoms with van der Waals surface area (Å²) in [6.07, 6.45) is -2.88. The largest absolute Gasteiger partial charge is 0.401 e. The van der Waals surface area contributed by atoms with Crippen molar-refractivity contribution >= 4 is 5.91 Å². The van der Waals surface area contributed by atoms with E-state index in [1.165, 1.54) is 4.90 Å². The lowest BCUT2D eigenvalue weighted by Crippen LogP contribution is -2.35. The fourth-order valence-electron chi connectivity index (χ4n) is 2.35. The Bertz CT molecular complexity index is 487. The molecule has 1 unspecified atom stereocenters. The lowest BCUT2D eigenvalue weighted by molar-refractivity contribution is -0.143. The van der Waals surface area contributed by atoms with E-state index < -0.39 is 18.6 Å². The first kappa shape index (κ1) is 15.7. The number of nitrogens with zero attached hydrogens (tertiary/aromatic N) is 3. The smallest absolute Gasteiger partial charge is 0.349 e. The minimum absolute atomic E-state index is 0.0286. The molecule has 21 heavy (non-hydrogen) atoms. The van der Waals surface area contributed by atoms with E-state index in [1.807, 2.05) is 6.92 Å². The monoisotopic (exact) mass is 305 g/mol. The molecule has 1 aliphatic heterocycles. The van der Waals surface area contributed by atoms with Crippen LogP contribution in [-0.2, 0) is 6.42 Å². The second-order valence-corrected chi connectivity index (χ2v) is 5.17. The molecule has 6 nitrogen and oxygen atoms in total. The van der Waals surface area contributed by atoms with E-state index in [0.29, 0.717) is 38.3 Å². The van der Waals surface area contributed by atoms with Gasteiger partial charge < -0.3 is 5.32 Å². The molecule has 0 aliphatic carbocycles. The summed E-state index contributed by atoms with van der Waals surface area (Å²) in [6, 6.07) is 0. The maximum atomic E-state index is 12.3. The normalized spacial score (nSPS) is 19.9. The highest BCUT2D eigenvalue weighted by molar-refractivity contribution is 5.90. The number of nitrogens with one attached hydrogen (secondary N) is 2. The number of halogens is 3. The number of aromatic nitrogens is 3. The molecule has 2 rings (SSSR count). The second kappa shape index (κ2) is 6.42. The minimum atomic E-state index is -4.17. The van der Waals surface area contributed by atoms with Gasteiger partial charge in [-0.1, -0.05) is 6.92 Å². The molecule has 1 saturated heterocycles. The van der Waals surface area contributed by atoms with Crippen LogP contribution in [0.2, 0.25) is 0 Å². The van der Waals surface area contributed by atoms with Crippen LogP contribution in [0.1, 0.15) is 29.8 Å². The molecule has 0 spiro atoms. The number of carbonyl (C=O) groups excluding carboxylic acids is 1. The first-order valence-electron chi connectivity index (χ1n) is 6.86. The molecule has 1 fully saturated rings. The highest BCUT2D eigenvalue weighted by atomic mass is 19.4. The average molecular weight is 305 g/mol. The number of aromatic amines is 1. The number of hydrogen-bond acceptors (Lipinski definition) is 4. The van der Waals surface area contributed by atoms with Crippen molar-refractivity contribution in [3.05, 3.63) is 11.6 Å². The van der Waals surface area contributed by atoms with Crippen LogP contribution in [0.3, 0.4) is 0 Å². The first-order chi connectivity index (χ1) is 9.87. The van der Waals surface area contributed by atoms with Crippen LogP contribution in [0.5, 0.6) is 0 Å². The Morgan fingerprint density at radius 1 is 1.52 bits per heavy atom. The van der Waals surface area contributed by atoms with E-state index in [0.717, 1.165) is 0 Å². The van der Waals surface area contributed by atoms with Crippen LogP contribution >= 0.6 is 0 Å². The third-order valence-electron chi connectivity index (χ3n) is 3.39. The topological polar surface area (TPSA) is 73.9 Å². The number of likely N-dealkylation sites (tertiary alicyclic amines) is 1. The van der Waals surface area contributed by atoms with Crippen LogP contribution in [0.25, 0.3) is 0 Å². The molecule has 1 atom stereocenters. The SMILES string of the molecule is CCc1nc(C(=O)NCC2CCN(CC(F)(F)F)C2)n[nH]1. The molecule has 0 saturated carbocycles. The number of alkyl halides is 3. The van der Waals surface area contributed by atoms with Crippen LogP contribution in [0.4, 0.5) is 13.2 Å². The van der Waals surface area contributed by atoms with Gasteiger partial charge in [-0.05, 0) is 18.9 Å². The Kier molecular flexibility index (Phi) is 4.81. The molecule has 2 N–H and O–H groups in total. The van der Waals surface area contributed by atoms with Crippen molar-refractivity contribution in [1.82, 2.24) is 25.4 Å². The first-order valence-corrected chi connectivity index (χ1v) is 6.86. The van der Waals surface area contributed by atoms with Crippen LogP contribution in [-0.4, -0.2) is 58.3 Å². The highest BCUT2D eigenvalue weighted by Gasteiger charge is 2.34. The number of amides is 1. The van der Waals surface area contributed by atoms with E-state index >= 15 is 0 Å². The van der Waals surface area contributed by atoms with E-state index in [2.05, 4.69) is 20.5 Å². The zero-order valence-electron chi connectivity index (χ0n) is 11.7. The Balaban J connectivity index is 1.75. The minimum Gasteiger partial charge on any atom is -0.349 e. The van der Waals surface area contributed by atoms with E-state index in [4.69, 9.17) is 0 Å². The van der Waals surface area contributed by atoms with Gasteiger partial charge in [-0.3, -0.25) is 14.8 Å². The Morgan fingerprint density at radius 2 is 2.29 bits per heavy atom. The van der Waals surface area contributed by atoms with Crippen LogP contribution in [0.15, 0.2) is 0 Å². The molecule has 9 heteroatoms. The van der Waals surface area contributed by atoms with Gasteiger partial charge in [-0.15, -0.1) is 5.10 Å². The van der Waals surface area contributed by atoms with Crippen molar-refractivity contribution in [1.29, 1.82) is 0 Å². The number of hydrogen-bond donors (Lipinski definition) is 2. The van der Waals surface area contributed by atoms with E-state index in [-0.39, 0.29) is 11.7 Å². The maximum absolute atomic E-state index is 12.3. The number of carbonyl (C=O) groups is 1. The summed E-state index contributed by atoms with van der Waals surface area (Å²) in [5, 5.41) is 9.10. The van der Waals surface area contributed by atoms with E-state index in [1.54, 1.807) is 0 Å². The third kappa shape index (κ3) is 4.69. The molecule has 1 amide bonds. The summed E-state index contributed by atoms with van der Waals surface area (Å²) in [4.78, 5) is 17.2. The van der Waals surface area contributed by atoms with Crippen LogP contribution in [0, 0.1) is 5.92 Å². The quantitative estimate of drug-likeness (QED) is 0.850. The molecular weight excluding hydrogens is 287 g/mol. The van der Waals surface area contributed by atoms with E-state index in [9.17, 15) is 18.0 Å². The zero-order valence-corrected chi connectivity index (χ0v) is 11.7.